The van der Waals surface area contributed by atoms with Crippen molar-refractivity contribution >= 4 is 12.4 Å². The van der Waals surface area contributed by atoms with E-state index in [0.717, 1.165) is 18.5 Å². The van der Waals surface area contributed by atoms with Crippen LogP contribution in [-0.4, -0.2) is 4.98 Å². The Morgan fingerprint density at radius 1 is 1.38 bits per heavy atom. The predicted octanol–water partition coefficient (Wildman–Crippen LogP) is 1.98. The molecule has 0 saturated carbocycles. The minimum absolute atomic E-state index is 0. The molecule has 1 heterocycles. The number of aromatic nitrogens is 1. The fourth-order valence-electron chi connectivity index (χ4n) is 0.866. The van der Waals surface area contributed by atoms with Crippen LogP contribution in [0.5, 0.6) is 0 Å². The van der Waals surface area contributed by atoms with Crippen LogP contribution >= 0.6 is 12.4 Å². The maximum atomic E-state index is 12.2. The molecule has 13 heavy (non-hydrogen) atoms. The highest BCUT2D eigenvalue weighted by Crippen LogP contribution is 2.30. The number of pyridine rings is 1. The van der Waals surface area contributed by atoms with E-state index >= 15 is 0 Å². The Labute approximate surface area is 79.4 Å². The summed E-state index contributed by atoms with van der Waals surface area (Å²) in [5, 5.41) is 0. The van der Waals surface area contributed by atoms with Crippen LogP contribution in [0.1, 0.15) is 11.1 Å². The van der Waals surface area contributed by atoms with Gasteiger partial charge in [-0.05, 0) is 11.6 Å². The van der Waals surface area contributed by atoms with Crippen molar-refractivity contribution in [1.29, 1.82) is 0 Å². The Morgan fingerprint density at radius 2 is 2.00 bits per heavy atom. The largest absolute Gasteiger partial charge is 0.416 e. The van der Waals surface area contributed by atoms with E-state index in [1.54, 1.807) is 0 Å². The maximum Gasteiger partial charge on any atom is 0.416 e. The molecule has 0 aromatic carbocycles. The van der Waals surface area contributed by atoms with E-state index in [4.69, 9.17) is 5.73 Å². The Hall–Kier alpha value is -0.810. The van der Waals surface area contributed by atoms with Crippen molar-refractivity contribution in [3.05, 3.63) is 29.6 Å². The molecule has 0 aliphatic carbocycles. The second-order valence-electron chi connectivity index (χ2n) is 2.23. The molecule has 0 fully saturated rings. The summed E-state index contributed by atoms with van der Waals surface area (Å²) in [7, 11) is 0. The Balaban J connectivity index is 0.00000144. The first-order chi connectivity index (χ1) is 5.55. The van der Waals surface area contributed by atoms with Gasteiger partial charge in [0, 0.05) is 18.9 Å². The molecule has 0 bridgehead atoms. The molecule has 0 radical (unpaired) electrons. The molecule has 74 valence electrons. The molecular formula is C7H8ClF3N2. The van der Waals surface area contributed by atoms with Crippen molar-refractivity contribution in [2.75, 3.05) is 0 Å². The van der Waals surface area contributed by atoms with Crippen molar-refractivity contribution < 1.29 is 13.2 Å². The Bertz CT molecular complexity index is 275. The molecule has 0 amide bonds. The SMILES string of the molecule is Cl.NCc1cnccc1C(F)(F)F. The summed E-state index contributed by atoms with van der Waals surface area (Å²) in [6, 6.07) is 0.919. The summed E-state index contributed by atoms with van der Waals surface area (Å²) in [4.78, 5) is 3.55. The molecule has 0 atom stereocenters. The zero-order valence-electron chi connectivity index (χ0n) is 6.51. The summed E-state index contributed by atoms with van der Waals surface area (Å²) in [6.45, 7) is -0.150. The predicted molar refractivity (Wildman–Crippen MR) is 44.4 cm³/mol. The maximum absolute atomic E-state index is 12.2. The fraction of sp³-hybridized carbons (Fsp3) is 0.286. The molecule has 0 saturated heterocycles. The van der Waals surface area contributed by atoms with Crippen molar-refractivity contribution in [1.82, 2.24) is 4.98 Å². The normalized spacial score (nSPS) is 10.8. The number of nitrogens with two attached hydrogens (primary N) is 1. The van der Waals surface area contributed by atoms with Crippen LogP contribution in [0.25, 0.3) is 0 Å². The molecule has 2 N–H and O–H groups in total. The minimum Gasteiger partial charge on any atom is -0.326 e. The van der Waals surface area contributed by atoms with E-state index in [2.05, 4.69) is 4.98 Å². The second kappa shape index (κ2) is 4.43. The lowest BCUT2D eigenvalue weighted by atomic mass is 10.1. The molecule has 0 aliphatic heterocycles. The summed E-state index contributed by atoms with van der Waals surface area (Å²) >= 11 is 0. The summed E-state index contributed by atoms with van der Waals surface area (Å²) in [5.41, 5.74) is 4.42. The van der Waals surface area contributed by atoms with Gasteiger partial charge in [0.1, 0.15) is 0 Å². The van der Waals surface area contributed by atoms with Crippen LogP contribution in [0.2, 0.25) is 0 Å². The van der Waals surface area contributed by atoms with E-state index in [0.29, 0.717) is 0 Å². The van der Waals surface area contributed by atoms with E-state index in [-0.39, 0.29) is 24.5 Å². The van der Waals surface area contributed by atoms with Gasteiger partial charge in [0.2, 0.25) is 0 Å². The van der Waals surface area contributed by atoms with Gasteiger partial charge in [-0.25, -0.2) is 0 Å². The first-order valence-corrected chi connectivity index (χ1v) is 3.26. The summed E-state index contributed by atoms with van der Waals surface area (Å²) in [6.07, 6.45) is -2.11. The lowest BCUT2D eigenvalue weighted by Crippen LogP contribution is -2.11. The average molecular weight is 213 g/mol. The minimum atomic E-state index is -4.34. The molecule has 6 heteroatoms. The Morgan fingerprint density at radius 3 is 2.38 bits per heavy atom. The van der Waals surface area contributed by atoms with Crippen LogP contribution in [0.4, 0.5) is 13.2 Å². The smallest absolute Gasteiger partial charge is 0.326 e. The van der Waals surface area contributed by atoms with Gasteiger partial charge in [-0.1, -0.05) is 0 Å². The van der Waals surface area contributed by atoms with Crippen LogP contribution < -0.4 is 5.73 Å². The van der Waals surface area contributed by atoms with Gasteiger partial charge in [-0.3, -0.25) is 4.98 Å². The molecule has 1 aromatic rings. The topological polar surface area (TPSA) is 38.9 Å². The monoisotopic (exact) mass is 212 g/mol. The first-order valence-electron chi connectivity index (χ1n) is 3.26. The third-order valence-corrected chi connectivity index (χ3v) is 1.43. The zero-order valence-corrected chi connectivity index (χ0v) is 7.32. The second-order valence-corrected chi connectivity index (χ2v) is 2.23. The number of halogens is 4. The summed E-state index contributed by atoms with van der Waals surface area (Å²) in [5.74, 6) is 0. The van der Waals surface area contributed by atoms with Crippen molar-refractivity contribution in [3.8, 4) is 0 Å². The number of hydrogen-bond acceptors (Lipinski definition) is 2. The zero-order chi connectivity index (χ0) is 9.19. The Kier molecular flexibility index (Phi) is 4.16. The number of rotatable bonds is 1. The van der Waals surface area contributed by atoms with E-state index < -0.39 is 11.7 Å². The lowest BCUT2D eigenvalue weighted by Gasteiger charge is -2.09. The van der Waals surface area contributed by atoms with Crippen LogP contribution in [0.15, 0.2) is 18.5 Å². The number of alkyl halides is 3. The number of hydrogen-bond donors (Lipinski definition) is 1. The number of nitrogens with zero attached hydrogens (tertiary/aromatic N) is 1. The average Bonchev–Trinajstić information content (AvgIpc) is 2.03. The van der Waals surface area contributed by atoms with Gasteiger partial charge in [0.25, 0.3) is 0 Å². The molecular weight excluding hydrogens is 205 g/mol. The van der Waals surface area contributed by atoms with Gasteiger partial charge in [-0.15, -0.1) is 12.4 Å². The highest BCUT2D eigenvalue weighted by atomic mass is 35.5. The first kappa shape index (κ1) is 12.2. The molecule has 0 spiro atoms. The van der Waals surface area contributed by atoms with Crippen molar-refractivity contribution in [3.63, 3.8) is 0 Å². The van der Waals surface area contributed by atoms with Gasteiger partial charge < -0.3 is 5.73 Å². The van der Waals surface area contributed by atoms with Crippen molar-refractivity contribution in [2.45, 2.75) is 12.7 Å². The van der Waals surface area contributed by atoms with E-state index in [1.165, 1.54) is 0 Å². The van der Waals surface area contributed by atoms with Crippen LogP contribution in [0, 0.1) is 0 Å². The third kappa shape index (κ3) is 2.86. The molecule has 0 aliphatic rings. The molecule has 1 aromatic heterocycles. The van der Waals surface area contributed by atoms with Crippen molar-refractivity contribution in [2.24, 2.45) is 5.73 Å². The third-order valence-electron chi connectivity index (χ3n) is 1.43. The standard InChI is InChI=1S/C7H7F3N2.ClH/c8-7(9,10)6-1-2-12-4-5(6)3-11;/h1-2,4H,3,11H2;1H. The van der Waals surface area contributed by atoms with E-state index in [9.17, 15) is 13.2 Å². The van der Waals surface area contributed by atoms with Gasteiger partial charge >= 0.3 is 6.18 Å². The van der Waals surface area contributed by atoms with Gasteiger partial charge in [0.05, 0.1) is 5.56 Å². The van der Waals surface area contributed by atoms with Crippen LogP contribution in [-0.2, 0) is 12.7 Å². The molecule has 1 rings (SSSR count). The highest BCUT2D eigenvalue weighted by molar-refractivity contribution is 5.85. The summed E-state index contributed by atoms with van der Waals surface area (Å²) < 4.78 is 36.5. The van der Waals surface area contributed by atoms with Crippen LogP contribution in [0.3, 0.4) is 0 Å². The molecule has 2 nitrogen and oxygen atoms in total. The highest BCUT2D eigenvalue weighted by Gasteiger charge is 2.32. The van der Waals surface area contributed by atoms with E-state index in [1.807, 2.05) is 0 Å². The fourth-order valence-corrected chi connectivity index (χ4v) is 0.866. The molecule has 0 unspecified atom stereocenters. The quantitative estimate of drug-likeness (QED) is 0.773. The van der Waals surface area contributed by atoms with Gasteiger partial charge in [-0.2, -0.15) is 13.2 Å². The van der Waals surface area contributed by atoms with Gasteiger partial charge in [0.15, 0.2) is 0 Å². The lowest BCUT2D eigenvalue weighted by molar-refractivity contribution is -0.138.